The molecule has 20 heavy (non-hydrogen) atoms. The fraction of sp³-hybridized carbons (Fsp3) is 0.500. The van der Waals surface area contributed by atoms with Gasteiger partial charge < -0.3 is 14.2 Å². The normalized spacial score (nSPS) is 16.9. The monoisotopic (exact) mass is 365 g/mol. The van der Waals surface area contributed by atoms with Gasteiger partial charge in [-0.15, -0.1) is 0 Å². The molecule has 6 nitrogen and oxygen atoms in total. The lowest BCUT2D eigenvalue weighted by molar-refractivity contribution is 0.0729. The van der Waals surface area contributed by atoms with Gasteiger partial charge in [-0.05, 0) is 22.0 Å². The van der Waals surface area contributed by atoms with Crippen molar-refractivity contribution in [3.8, 4) is 11.5 Å². The van der Waals surface area contributed by atoms with Crippen molar-refractivity contribution >= 4 is 26.0 Å². The van der Waals surface area contributed by atoms with E-state index in [0.29, 0.717) is 36.5 Å². The van der Waals surface area contributed by atoms with Gasteiger partial charge in [0.2, 0.25) is 10.0 Å². The Labute approximate surface area is 126 Å². The van der Waals surface area contributed by atoms with Crippen LogP contribution in [0.2, 0.25) is 0 Å². The molecule has 1 saturated heterocycles. The highest BCUT2D eigenvalue weighted by Crippen LogP contribution is 2.36. The first kappa shape index (κ1) is 15.6. The molecule has 0 radical (unpaired) electrons. The van der Waals surface area contributed by atoms with Crippen LogP contribution in [0.1, 0.15) is 0 Å². The van der Waals surface area contributed by atoms with Gasteiger partial charge in [-0.1, -0.05) is 0 Å². The Morgan fingerprint density at radius 2 is 1.75 bits per heavy atom. The van der Waals surface area contributed by atoms with Gasteiger partial charge >= 0.3 is 0 Å². The van der Waals surface area contributed by atoms with E-state index in [0.717, 1.165) is 0 Å². The number of hydrogen-bond acceptors (Lipinski definition) is 5. The molecule has 0 N–H and O–H groups in total. The minimum Gasteiger partial charge on any atom is -0.495 e. The Bertz CT molecular complexity index is 584. The number of ether oxygens (including phenoxy) is 3. The van der Waals surface area contributed by atoms with Crippen molar-refractivity contribution in [2.24, 2.45) is 0 Å². The third kappa shape index (κ3) is 2.93. The second kappa shape index (κ2) is 6.30. The molecule has 0 saturated carbocycles. The Hall–Kier alpha value is -0.830. The van der Waals surface area contributed by atoms with Crippen LogP contribution < -0.4 is 9.47 Å². The van der Waals surface area contributed by atoms with Gasteiger partial charge in [0.15, 0.2) is 0 Å². The van der Waals surface area contributed by atoms with E-state index in [1.165, 1.54) is 24.6 Å². The van der Waals surface area contributed by atoms with Gasteiger partial charge in [0.25, 0.3) is 0 Å². The van der Waals surface area contributed by atoms with Crippen LogP contribution in [0, 0.1) is 0 Å². The molecule has 0 aliphatic carbocycles. The van der Waals surface area contributed by atoms with Crippen molar-refractivity contribution in [3.63, 3.8) is 0 Å². The van der Waals surface area contributed by atoms with Crippen LogP contribution in [0.3, 0.4) is 0 Å². The molecule has 1 aromatic rings. The number of methoxy groups -OCH3 is 2. The van der Waals surface area contributed by atoms with E-state index >= 15 is 0 Å². The molecule has 8 heteroatoms. The molecule has 1 aliphatic rings. The van der Waals surface area contributed by atoms with E-state index < -0.39 is 10.0 Å². The van der Waals surface area contributed by atoms with Crippen molar-refractivity contribution in [2.45, 2.75) is 4.90 Å². The maximum atomic E-state index is 12.6. The zero-order chi connectivity index (χ0) is 14.8. The number of halogens is 1. The van der Waals surface area contributed by atoms with Crippen LogP contribution in [0.4, 0.5) is 0 Å². The van der Waals surface area contributed by atoms with Crippen LogP contribution >= 0.6 is 15.9 Å². The number of morpholine rings is 1. The minimum atomic E-state index is -3.61. The summed E-state index contributed by atoms with van der Waals surface area (Å²) in [6.45, 7) is 1.49. The lowest BCUT2D eigenvalue weighted by Gasteiger charge is -2.26. The number of benzene rings is 1. The molecule has 0 aromatic heterocycles. The molecular weight excluding hydrogens is 350 g/mol. The molecule has 0 bridgehead atoms. The molecule has 0 amide bonds. The molecule has 1 fully saturated rings. The zero-order valence-corrected chi connectivity index (χ0v) is 13.7. The SMILES string of the molecule is COc1cc(OC)c(S(=O)(=O)N2CCOCC2)cc1Br. The molecule has 1 aliphatic heterocycles. The Morgan fingerprint density at radius 3 is 2.30 bits per heavy atom. The van der Waals surface area contributed by atoms with Gasteiger partial charge in [0.05, 0.1) is 31.9 Å². The molecule has 1 heterocycles. The average Bonchev–Trinajstić information content (AvgIpc) is 2.47. The summed E-state index contributed by atoms with van der Waals surface area (Å²) in [6.07, 6.45) is 0. The Morgan fingerprint density at radius 1 is 1.15 bits per heavy atom. The smallest absolute Gasteiger partial charge is 0.246 e. The average molecular weight is 366 g/mol. The summed E-state index contributed by atoms with van der Waals surface area (Å²) < 4.78 is 42.8. The quantitative estimate of drug-likeness (QED) is 0.808. The second-order valence-corrected chi connectivity index (χ2v) is 6.91. The summed E-state index contributed by atoms with van der Waals surface area (Å²) in [5.74, 6) is 0.777. The van der Waals surface area contributed by atoms with Crippen LogP contribution in [0.25, 0.3) is 0 Å². The Kier molecular flexibility index (Phi) is 4.90. The van der Waals surface area contributed by atoms with Crippen molar-refractivity contribution in [1.29, 1.82) is 0 Å². The van der Waals surface area contributed by atoms with Crippen molar-refractivity contribution in [1.82, 2.24) is 4.31 Å². The van der Waals surface area contributed by atoms with E-state index in [4.69, 9.17) is 14.2 Å². The summed E-state index contributed by atoms with van der Waals surface area (Å²) in [4.78, 5) is 0.120. The summed E-state index contributed by atoms with van der Waals surface area (Å²) in [5.41, 5.74) is 0. The molecular formula is C12H16BrNO5S. The summed E-state index contributed by atoms with van der Waals surface area (Å²) in [7, 11) is -0.668. The predicted molar refractivity (Wildman–Crippen MR) is 76.8 cm³/mol. The van der Waals surface area contributed by atoms with Gasteiger partial charge in [-0.3, -0.25) is 0 Å². The van der Waals surface area contributed by atoms with Crippen LogP contribution in [-0.2, 0) is 14.8 Å². The summed E-state index contributed by atoms with van der Waals surface area (Å²) >= 11 is 3.30. The molecule has 2 rings (SSSR count). The van der Waals surface area contributed by atoms with Gasteiger partial charge in [-0.25, -0.2) is 8.42 Å². The van der Waals surface area contributed by atoms with Crippen LogP contribution in [0.5, 0.6) is 11.5 Å². The van der Waals surface area contributed by atoms with Crippen LogP contribution in [0.15, 0.2) is 21.5 Å². The van der Waals surface area contributed by atoms with Crippen LogP contribution in [-0.4, -0.2) is 53.2 Å². The number of sulfonamides is 1. The first-order valence-corrected chi connectivity index (χ1v) is 8.23. The lowest BCUT2D eigenvalue weighted by Crippen LogP contribution is -2.40. The highest BCUT2D eigenvalue weighted by atomic mass is 79.9. The highest BCUT2D eigenvalue weighted by Gasteiger charge is 2.30. The molecule has 1 aromatic carbocycles. The standard InChI is InChI=1S/C12H16BrNO5S/c1-17-10-8-11(18-2)12(7-9(10)13)20(15,16)14-3-5-19-6-4-14/h7-8H,3-6H2,1-2H3. The predicted octanol–water partition coefficient (Wildman–Crippen LogP) is 1.49. The maximum absolute atomic E-state index is 12.6. The zero-order valence-electron chi connectivity index (χ0n) is 11.3. The molecule has 112 valence electrons. The van der Waals surface area contributed by atoms with E-state index in [-0.39, 0.29) is 10.6 Å². The van der Waals surface area contributed by atoms with Crippen molar-refractivity contribution in [3.05, 3.63) is 16.6 Å². The van der Waals surface area contributed by atoms with E-state index in [9.17, 15) is 8.42 Å². The maximum Gasteiger partial charge on any atom is 0.246 e. The minimum absolute atomic E-state index is 0.120. The van der Waals surface area contributed by atoms with E-state index in [2.05, 4.69) is 15.9 Å². The van der Waals surface area contributed by atoms with E-state index in [1.54, 1.807) is 6.07 Å². The lowest BCUT2D eigenvalue weighted by atomic mass is 10.3. The van der Waals surface area contributed by atoms with Crippen molar-refractivity contribution < 1.29 is 22.6 Å². The largest absolute Gasteiger partial charge is 0.495 e. The summed E-state index contributed by atoms with van der Waals surface area (Å²) in [6, 6.07) is 3.06. The topological polar surface area (TPSA) is 65.1 Å². The Balaban J connectivity index is 2.47. The van der Waals surface area contributed by atoms with Gasteiger partial charge in [0, 0.05) is 19.2 Å². The number of hydrogen-bond donors (Lipinski definition) is 0. The van der Waals surface area contributed by atoms with Crippen molar-refractivity contribution in [2.75, 3.05) is 40.5 Å². The number of nitrogens with zero attached hydrogens (tertiary/aromatic N) is 1. The first-order valence-electron chi connectivity index (χ1n) is 6.00. The third-order valence-corrected chi connectivity index (χ3v) is 5.57. The highest BCUT2D eigenvalue weighted by molar-refractivity contribution is 9.10. The van der Waals surface area contributed by atoms with Gasteiger partial charge in [0.1, 0.15) is 16.4 Å². The third-order valence-electron chi connectivity index (χ3n) is 3.03. The first-order chi connectivity index (χ1) is 9.50. The molecule has 0 unspecified atom stereocenters. The molecule has 0 spiro atoms. The number of rotatable bonds is 4. The van der Waals surface area contributed by atoms with Gasteiger partial charge in [-0.2, -0.15) is 4.31 Å². The fourth-order valence-corrected chi connectivity index (χ4v) is 4.19. The fourth-order valence-electron chi connectivity index (χ4n) is 1.96. The summed E-state index contributed by atoms with van der Waals surface area (Å²) in [5, 5.41) is 0. The molecule has 0 atom stereocenters. The van der Waals surface area contributed by atoms with E-state index in [1.807, 2.05) is 0 Å². The second-order valence-electron chi connectivity index (χ2n) is 4.15.